The largest absolute Gasteiger partial charge is 0.382 e. The van der Waals surface area contributed by atoms with E-state index in [0.29, 0.717) is 66.0 Å². The highest BCUT2D eigenvalue weighted by Crippen LogP contribution is 1.98. The van der Waals surface area contributed by atoms with Gasteiger partial charge in [0.15, 0.2) is 0 Å². The lowest BCUT2D eigenvalue weighted by atomic mass is 10.1. The predicted molar refractivity (Wildman–Crippen MR) is 95.9 cm³/mol. The first kappa shape index (κ1) is 24.4. The summed E-state index contributed by atoms with van der Waals surface area (Å²) in [6, 6.07) is 0.206. The van der Waals surface area contributed by atoms with Crippen molar-refractivity contribution >= 4 is 5.78 Å². The van der Waals surface area contributed by atoms with E-state index in [1.165, 1.54) is 0 Å². The minimum atomic E-state index is 0.206. The van der Waals surface area contributed by atoms with E-state index in [1.807, 2.05) is 7.05 Å². The number of rotatable bonds is 20. The molecule has 0 aromatic rings. The normalized spacial score (nSPS) is 12.4. The summed E-state index contributed by atoms with van der Waals surface area (Å²) in [5.74, 6) is 0.207. The number of nitrogens with one attached hydrogen (secondary N) is 2. The van der Waals surface area contributed by atoms with Crippen LogP contribution in [0.15, 0.2) is 0 Å². The zero-order valence-corrected chi connectivity index (χ0v) is 16.0. The average Bonchev–Trinajstić information content (AvgIpc) is 2.60. The van der Waals surface area contributed by atoms with Crippen molar-refractivity contribution in [3.8, 4) is 0 Å². The van der Waals surface area contributed by atoms with Crippen molar-refractivity contribution in [1.29, 1.82) is 0 Å². The molecule has 0 saturated heterocycles. The molecule has 8 heteroatoms. The maximum Gasteiger partial charge on any atom is 0.129 e. The summed E-state index contributed by atoms with van der Waals surface area (Å²) >= 11 is 0. The third-order valence-corrected chi connectivity index (χ3v) is 3.38. The molecule has 8 nitrogen and oxygen atoms in total. The van der Waals surface area contributed by atoms with Crippen LogP contribution in [0.4, 0.5) is 0 Å². The molecule has 0 aliphatic heterocycles. The molecule has 150 valence electrons. The summed E-state index contributed by atoms with van der Waals surface area (Å²) in [5.41, 5.74) is 0. The van der Waals surface area contributed by atoms with Gasteiger partial charge < -0.3 is 33.8 Å². The van der Waals surface area contributed by atoms with Gasteiger partial charge >= 0.3 is 0 Å². The van der Waals surface area contributed by atoms with E-state index < -0.39 is 0 Å². The molecule has 25 heavy (non-hydrogen) atoms. The molecule has 0 radical (unpaired) electrons. The zero-order valence-electron chi connectivity index (χ0n) is 16.0. The maximum atomic E-state index is 11.0. The van der Waals surface area contributed by atoms with Crippen molar-refractivity contribution in [2.24, 2.45) is 0 Å². The molecular weight excluding hydrogens is 328 g/mol. The first-order valence-corrected chi connectivity index (χ1v) is 8.88. The molecule has 0 aliphatic carbocycles. The van der Waals surface area contributed by atoms with Gasteiger partial charge in [-0.1, -0.05) is 0 Å². The van der Waals surface area contributed by atoms with E-state index in [1.54, 1.807) is 14.0 Å². The number of methoxy groups -OCH3 is 1. The molecule has 0 rings (SSSR count). The Bertz CT molecular complexity index is 294. The zero-order chi connectivity index (χ0) is 18.6. The molecule has 0 bridgehead atoms. The van der Waals surface area contributed by atoms with Crippen LogP contribution in [0.1, 0.15) is 19.8 Å². The highest BCUT2D eigenvalue weighted by Gasteiger charge is 2.07. The van der Waals surface area contributed by atoms with Crippen molar-refractivity contribution in [3.63, 3.8) is 0 Å². The first-order valence-electron chi connectivity index (χ1n) is 8.88. The second-order valence-electron chi connectivity index (χ2n) is 5.57. The number of hydrogen-bond acceptors (Lipinski definition) is 8. The fourth-order valence-electron chi connectivity index (χ4n) is 1.86. The fourth-order valence-corrected chi connectivity index (χ4v) is 1.86. The van der Waals surface area contributed by atoms with Crippen LogP contribution in [0.3, 0.4) is 0 Å². The van der Waals surface area contributed by atoms with E-state index in [-0.39, 0.29) is 11.8 Å². The van der Waals surface area contributed by atoms with Gasteiger partial charge in [-0.25, -0.2) is 0 Å². The Hall–Kier alpha value is -0.610. The van der Waals surface area contributed by atoms with Crippen LogP contribution in [-0.2, 0) is 28.5 Å². The van der Waals surface area contributed by atoms with Gasteiger partial charge in [-0.05, 0) is 20.4 Å². The summed E-state index contributed by atoms with van der Waals surface area (Å²) in [5, 5.41) is 6.29. The molecule has 0 amide bonds. The third-order valence-electron chi connectivity index (χ3n) is 3.38. The molecule has 0 saturated carbocycles. The van der Waals surface area contributed by atoms with Crippen LogP contribution in [0.25, 0.3) is 0 Å². The first-order chi connectivity index (χ1) is 12.2. The number of carbonyl (C=O) groups excluding carboxylic acids is 1. The number of carbonyl (C=O) groups is 1. The van der Waals surface area contributed by atoms with Crippen molar-refractivity contribution in [2.45, 2.75) is 25.8 Å². The van der Waals surface area contributed by atoms with Gasteiger partial charge in [-0.15, -0.1) is 0 Å². The molecule has 0 aromatic carbocycles. The van der Waals surface area contributed by atoms with Gasteiger partial charge in [0, 0.05) is 26.1 Å². The van der Waals surface area contributed by atoms with Gasteiger partial charge in [-0.3, -0.25) is 5.32 Å². The number of ether oxygens (including phenoxy) is 5. The average molecular weight is 364 g/mol. The predicted octanol–water partition coefficient (Wildman–Crippen LogP) is 0.204. The Morgan fingerprint density at radius 1 is 0.920 bits per heavy atom. The molecule has 0 aromatic heterocycles. The van der Waals surface area contributed by atoms with Crippen LogP contribution in [-0.4, -0.2) is 92.1 Å². The quantitative estimate of drug-likeness (QED) is 0.234. The number of likely N-dealkylation sites (N-methyl/N-ethyl adjacent to an activating group) is 1. The summed E-state index contributed by atoms with van der Waals surface area (Å²) < 4.78 is 26.5. The fraction of sp³-hybridized carbons (Fsp3) is 0.941. The molecule has 0 aliphatic rings. The highest BCUT2D eigenvalue weighted by atomic mass is 16.6. The lowest BCUT2D eigenvalue weighted by molar-refractivity contribution is -0.117. The Kier molecular flexibility index (Phi) is 19.2. The lowest BCUT2D eigenvalue weighted by Crippen LogP contribution is -2.33. The van der Waals surface area contributed by atoms with Crippen LogP contribution in [0, 0.1) is 0 Å². The van der Waals surface area contributed by atoms with E-state index in [4.69, 9.17) is 23.7 Å². The van der Waals surface area contributed by atoms with Crippen LogP contribution in [0.2, 0.25) is 0 Å². The molecule has 2 N–H and O–H groups in total. The Labute approximate surface area is 151 Å². The van der Waals surface area contributed by atoms with Gasteiger partial charge in [0.05, 0.1) is 59.6 Å². The third kappa shape index (κ3) is 19.6. The molecule has 0 unspecified atom stereocenters. The molecule has 1 atom stereocenters. The molecule has 0 spiro atoms. The monoisotopic (exact) mass is 364 g/mol. The van der Waals surface area contributed by atoms with Crippen molar-refractivity contribution in [1.82, 2.24) is 10.6 Å². The van der Waals surface area contributed by atoms with Gasteiger partial charge in [0.1, 0.15) is 5.78 Å². The van der Waals surface area contributed by atoms with E-state index in [2.05, 4.69) is 10.6 Å². The standard InChI is InChI=1S/C17H36N2O6/c1-16(20)4-5-17(18-2)14-25-15-19-6-7-22-10-11-24-13-12-23-9-8-21-3/h17-19H,4-15H2,1-3H3/t17-/m0/s1. The smallest absolute Gasteiger partial charge is 0.129 e. The summed E-state index contributed by atoms with van der Waals surface area (Å²) in [4.78, 5) is 11.0. The topological polar surface area (TPSA) is 87.3 Å². The number of hydrogen-bond donors (Lipinski definition) is 2. The molecule has 0 fully saturated rings. The van der Waals surface area contributed by atoms with Crippen molar-refractivity contribution in [2.75, 3.05) is 80.3 Å². The van der Waals surface area contributed by atoms with Gasteiger partial charge in [0.25, 0.3) is 0 Å². The van der Waals surface area contributed by atoms with E-state index >= 15 is 0 Å². The van der Waals surface area contributed by atoms with Crippen molar-refractivity contribution in [3.05, 3.63) is 0 Å². The second-order valence-corrected chi connectivity index (χ2v) is 5.57. The number of ketones is 1. The second kappa shape index (κ2) is 19.7. The lowest BCUT2D eigenvalue weighted by Gasteiger charge is -2.16. The van der Waals surface area contributed by atoms with Crippen LogP contribution < -0.4 is 10.6 Å². The number of Topliss-reactive ketones (excluding diaryl/α,β-unsaturated/α-hetero) is 1. The molecule has 0 heterocycles. The summed E-state index contributed by atoms with van der Waals surface area (Å²) in [7, 11) is 3.53. The van der Waals surface area contributed by atoms with Crippen molar-refractivity contribution < 1.29 is 28.5 Å². The molecular formula is C17H36N2O6. The minimum Gasteiger partial charge on any atom is -0.382 e. The van der Waals surface area contributed by atoms with Crippen LogP contribution >= 0.6 is 0 Å². The summed E-state index contributed by atoms with van der Waals surface area (Å²) in [6.45, 7) is 7.44. The maximum absolute atomic E-state index is 11.0. The minimum absolute atomic E-state index is 0.206. The SMILES string of the molecule is CN[C@@H](CCC(C)=O)COCNCCOCCOCCOCCOC. The van der Waals surface area contributed by atoms with E-state index in [0.717, 1.165) is 13.0 Å². The Balaban J connectivity index is 3.19. The van der Waals surface area contributed by atoms with Crippen LogP contribution in [0.5, 0.6) is 0 Å². The Morgan fingerprint density at radius 3 is 2.08 bits per heavy atom. The van der Waals surface area contributed by atoms with Gasteiger partial charge in [0.2, 0.25) is 0 Å². The highest BCUT2D eigenvalue weighted by molar-refractivity contribution is 5.75. The summed E-state index contributed by atoms with van der Waals surface area (Å²) in [6.07, 6.45) is 1.38. The Morgan fingerprint density at radius 2 is 1.52 bits per heavy atom. The van der Waals surface area contributed by atoms with E-state index in [9.17, 15) is 4.79 Å². The van der Waals surface area contributed by atoms with Gasteiger partial charge in [-0.2, -0.15) is 0 Å².